The molecule has 1 unspecified atom stereocenters. The Hall–Kier alpha value is -2.00. The van der Waals surface area contributed by atoms with E-state index in [1.54, 1.807) is 7.11 Å². The third kappa shape index (κ3) is 3.11. The average molecular weight is 271 g/mol. The molecule has 0 amide bonds. The van der Waals surface area contributed by atoms with Crippen LogP contribution in [-0.2, 0) is 0 Å². The minimum absolute atomic E-state index is 0.152. The van der Waals surface area contributed by atoms with Gasteiger partial charge < -0.3 is 15.2 Å². The Bertz CT molecular complexity index is 581. The number of para-hydroxylation sites is 1. The maximum atomic E-state index is 6.04. The zero-order valence-corrected chi connectivity index (χ0v) is 12.2. The molecule has 0 aliphatic heterocycles. The molecule has 106 valence electrons. The number of hydrogen-bond donors (Lipinski definition) is 1. The number of benzene rings is 2. The second-order valence-electron chi connectivity index (χ2n) is 4.84. The second kappa shape index (κ2) is 6.44. The van der Waals surface area contributed by atoms with Crippen LogP contribution in [0.3, 0.4) is 0 Å². The smallest absolute Gasteiger partial charge is 0.136 e. The van der Waals surface area contributed by atoms with Crippen molar-refractivity contribution in [3.63, 3.8) is 0 Å². The van der Waals surface area contributed by atoms with Gasteiger partial charge in [-0.2, -0.15) is 0 Å². The standard InChI is InChI=1S/C17H21NO2/c1-12-6-4-5-7-16(12)20-17(11-18)14-8-9-15(19-3)13(2)10-14/h4-10,17H,11,18H2,1-3H3. The van der Waals surface area contributed by atoms with Crippen LogP contribution in [0.2, 0.25) is 0 Å². The molecule has 0 heterocycles. The van der Waals surface area contributed by atoms with Gasteiger partial charge in [0.15, 0.2) is 0 Å². The van der Waals surface area contributed by atoms with Crippen LogP contribution in [-0.4, -0.2) is 13.7 Å². The van der Waals surface area contributed by atoms with E-state index in [0.717, 1.165) is 28.2 Å². The predicted octanol–water partition coefficient (Wildman–Crippen LogP) is 3.39. The first-order valence-electron chi connectivity index (χ1n) is 6.72. The molecule has 0 fully saturated rings. The SMILES string of the molecule is COc1ccc(C(CN)Oc2ccccc2C)cc1C. The minimum Gasteiger partial charge on any atom is -0.496 e. The summed E-state index contributed by atoms with van der Waals surface area (Å²) >= 11 is 0. The lowest BCUT2D eigenvalue weighted by Gasteiger charge is -2.20. The van der Waals surface area contributed by atoms with E-state index in [1.807, 2.05) is 50.2 Å². The summed E-state index contributed by atoms with van der Waals surface area (Å²) in [5.41, 5.74) is 9.12. The van der Waals surface area contributed by atoms with Gasteiger partial charge in [-0.25, -0.2) is 0 Å². The highest BCUT2D eigenvalue weighted by Gasteiger charge is 2.14. The van der Waals surface area contributed by atoms with Gasteiger partial charge in [0.05, 0.1) is 7.11 Å². The highest BCUT2D eigenvalue weighted by atomic mass is 16.5. The number of rotatable bonds is 5. The van der Waals surface area contributed by atoms with E-state index in [-0.39, 0.29) is 6.10 Å². The summed E-state index contributed by atoms with van der Waals surface area (Å²) in [5.74, 6) is 1.75. The van der Waals surface area contributed by atoms with Crippen LogP contribution in [0.25, 0.3) is 0 Å². The van der Waals surface area contributed by atoms with Gasteiger partial charge in [0.1, 0.15) is 17.6 Å². The van der Waals surface area contributed by atoms with Crippen LogP contribution < -0.4 is 15.2 Å². The summed E-state index contributed by atoms with van der Waals surface area (Å²) in [6.07, 6.45) is -0.152. The van der Waals surface area contributed by atoms with Gasteiger partial charge in [-0.15, -0.1) is 0 Å². The molecular weight excluding hydrogens is 250 g/mol. The van der Waals surface area contributed by atoms with E-state index < -0.39 is 0 Å². The molecular formula is C17H21NO2. The Labute approximate surface area is 120 Å². The van der Waals surface area contributed by atoms with Crippen LogP contribution in [0.4, 0.5) is 0 Å². The van der Waals surface area contributed by atoms with Crippen molar-refractivity contribution >= 4 is 0 Å². The first-order valence-corrected chi connectivity index (χ1v) is 6.72. The zero-order valence-electron chi connectivity index (χ0n) is 12.2. The Morgan fingerprint density at radius 1 is 1.00 bits per heavy atom. The van der Waals surface area contributed by atoms with Crippen LogP contribution in [0.15, 0.2) is 42.5 Å². The quantitative estimate of drug-likeness (QED) is 0.906. The van der Waals surface area contributed by atoms with Gasteiger partial charge in [0.2, 0.25) is 0 Å². The Balaban J connectivity index is 2.24. The van der Waals surface area contributed by atoms with Crippen molar-refractivity contribution < 1.29 is 9.47 Å². The molecule has 1 atom stereocenters. The van der Waals surface area contributed by atoms with Crippen molar-refractivity contribution in [1.82, 2.24) is 0 Å². The van der Waals surface area contributed by atoms with Gasteiger partial charge in [-0.05, 0) is 48.7 Å². The van der Waals surface area contributed by atoms with Gasteiger partial charge in [-0.1, -0.05) is 24.3 Å². The average Bonchev–Trinajstić information content (AvgIpc) is 2.46. The van der Waals surface area contributed by atoms with Crippen LogP contribution in [0, 0.1) is 13.8 Å². The number of nitrogens with two attached hydrogens (primary N) is 1. The maximum Gasteiger partial charge on any atom is 0.136 e. The summed E-state index contributed by atoms with van der Waals surface area (Å²) in [6.45, 7) is 4.48. The molecule has 2 N–H and O–H groups in total. The number of aryl methyl sites for hydroxylation is 2. The van der Waals surface area contributed by atoms with E-state index in [2.05, 4.69) is 6.07 Å². The molecule has 0 saturated heterocycles. The van der Waals surface area contributed by atoms with Crippen molar-refractivity contribution in [3.8, 4) is 11.5 Å². The molecule has 3 nitrogen and oxygen atoms in total. The van der Waals surface area contributed by atoms with Crippen molar-refractivity contribution in [2.75, 3.05) is 13.7 Å². The molecule has 0 saturated carbocycles. The molecule has 0 spiro atoms. The fourth-order valence-electron chi connectivity index (χ4n) is 2.20. The minimum atomic E-state index is -0.152. The van der Waals surface area contributed by atoms with E-state index in [1.165, 1.54) is 0 Å². The summed E-state index contributed by atoms with van der Waals surface area (Å²) in [4.78, 5) is 0. The molecule has 0 aliphatic carbocycles. The fourth-order valence-corrected chi connectivity index (χ4v) is 2.20. The second-order valence-corrected chi connectivity index (χ2v) is 4.84. The highest BCUT2D eigenvalue weighted by Crippen LogP contribution is 2.27. The summed E-state index contributed by atoms with van der Waals surface area (Å²) < 4.78 is 11.3. The monoisotopic (exact) mass is 271 g/mol. The van der Waals surface area contributed by atoms with E-state index in [0.29, 0.717) is 6.54 Å². The van der Waals surface area contributed by atoms with Gasteiger partial charge >= 0.3 is 0 Å². The number of ether oxygens (including phenoxy) is 2. The molecule has 2 rings (SSSR count). The summed E-state index contributed by atoms with van der Waals surface area (Å²) in [6, 6.07) is 14.0. The Morgan fingerprint density at radius 3 is 2.35 bits per heavy atom. The molecule has 0 aliphatic rings. The first kappa shape index (κ1) is 14.4. The van der Waals surface area contributed by atoms with Crippen LogP contribution in [0.1, 0.15) is 22.8 Å². The van der Waals surface area contributed by atoms with Crippen molar-refractivity contribution in [2.45, 2.75) is 20.0 Å². The zero-order chi connectivity index (χ0) is 14.5. The first-order chi connectivity index (χ1) is 9.65. The topological polar surface area (TPSA) is 44.5 Å². The predicted molar refractivity (Wildman–Crippen MR) is 81.3 cm³/mol. The van der Waals surface area contributed by atoms with Crippen LogP contribution in [0.5, 0.6) is 11.5 Å². The Morgan fingerprint density at radius 2 is 1.75 bits per heavy atom. The summed E-state index contributed by atoms with van der Waals surface area (Å²) in [7, 11) is 1.67. The highest BCUT2D eigenvalue weighted by molar-refractivity contribution is 5.38. The molecule has 20 heavy (non-hydrogen) atoms. The van der Waals surface area contributed by atoms with E-state index in [9.17, 15) is 0 Å². The third-order valence-electron chi connectivity index (χ3n) is 3.37. The molecule has 0 bridgehead atoms. The lowest BCUT2D eigenvalue weighted by molar-refractivity contribution is 0.212. The number of methoxy groups -OCH3 is 1. The Kier molecular flexibility index (Phi) is 4.64. The van der Waals surface area contributed by atoms with Gasteiger partial charge in [0, 0.05) is 6.54 Å². The van der Waals surface area contributed by atoms with Crippen molar-refractivity contribution in [3.05, 3.63) is 59.2 Å². The lowest BCUT2D eigenvalue weighted by Crippen LogP contribution is -2.19. The molecule has 3 heteroatoms. The summed E-state index contributed by atoms with van der Waals surface area (Å²) in [5, 5.41) is 0. The van der Waals surface area contributed by atoms with Crippen molar-refractivity contribution in [1.29, 1.82) is 0 Å². The van der Waals surface area contributed by atoms with Crippen LogP contribution >= 0.6 is 0 Å². The largest absolute Gasteiger partial charge is 0.496 e. The lowest BCUT2D eigenvalue weighted by atomic mass is 10.1. The van der Waals surface area contributed by atoms with Gasteiger partial charge in [-0.3, -0.25) is 0 Å². The van der Waals surface area contributed by atoms with E-state index >= 15 is 0 Å². The van der Waals surface area contributed by atoms with E-state index in [4.69, 9.17) is 15.2 Å². The molecule has 0 radical (unpaired) electrons. The molecule has 2 aromatic rings. The fraction of sp³-hybridized carbons (Fsp3) is 0.294. The van der Waals surface area contributed by atoms with Gasteiger partial charge in [0.25, 0.3) is 0 Å². The van der Waals surface area contributed by atoms with Crippen molar-refractivity contribution in [2.24, 2.45) is 5.73 Å². The molecule has 0 aromatic heterocycles. The maximum absolute atomic E-state index is 6.04. The number of hydrogen-bond acceptors (Lipinski definition) is 3. The normalized spacial score (nSPS) is 12.0. The third-order valence-corrected chi connectivity index (χ3v) is 3.37. The molecule has 2 aromatic carbocycles.